The molecule has 0 atom stereocenters. The molecule has 0 unspecified atom stereocenters. The van der Waals surface area contributed by atoms with Crippen LogP contribution in [0.1, 0.15) is 18.5 Å². The number of nitrogens with one attached hydrogen (secondary N) is 1. The van der Waals surface area contributed by atoms with Gasteiger partial charge in [-0.2, -0.15) is 0 Å². The molecule has 3 aromatic rings. The van der Waals surface area contributed by atoms with Gasteiger partial charge in [0.2, 0.25) is 11.8 Å². The lowest BCUT2D eigenvalue weighted by molar-refractivity contribution is -0.117. The van der Waals surface area contributed by atoms with E-state index in [1.807, 2.05) is 47.8 Å². The average molecular weight is 378 g/mol. The molecule has 4 rings (SSSR count). The SMILES string of the molecule is O=C(Cc1csc(-c2ccccn2)n1)Nc1cccc(N2CCCC2=O)c1. The number of rotatable bonds is 5. The summed E-state index contributed by atoms with van der Waals surface area (Å²) >= 11 is 1.47. The van der Waals surface area contributed by atoms with Gasteiger partial charge < -0.3 is 10.2 Å². The predicted octanol–water partition coefficient (Wildman–Crippen LogP) is 3.51. The molecule has 0 spiro atoms. The van der Waals surface area contributed by atoms with E-state index in [2.05, 4.69) is 15.3 Å². The van der Waals surface area contributed by atoms with Crippen LogP contribution >= 0.6 is 11.3 Å². The van der Waals surface area contributed by atoms with Crippen molar-refractivity contribution in [1.82, 2.24) is 9.97 Å². The van der Waals surface area contributed by atoms with E-state index in [0.717, 1.165) is 29.4 Å². The zero-order valence-corrected chi connectivity index (χ0v) is 15.4. The molecule has 0 saturated carbocycles. The van der Waals surface area contributed by atoms with E-state index in [-0.39, 0.29) is 18.2 Å². The topological polar surface area (TPSA) is 75.2 Å². The van der Waals surface area contributed by atoms with Crippen LogP contribution in [0.2, 0.25) is 0 Å². The maximum Gasteiger partial charge on any atom is 0.230 e. The van der Waals surface area contributed by atoms with Gasteiger partial charge in [0.25, 0.3) is 0 Å². The predicted molar refractivity (Wildman–Crippen MR) is 106 cm³/mol. The summed E-state index contributed by atoms with van der Waals surface area (Å²) in [5.41, 5.74) is 3.01. The second-order valence-electron chi connectivity index (χ2n) is 6.28. The summed E-state index contributed by atoms with van der Waals surface area (Å²) in [6.45, 7) is 0.728. The zero-order chi connectivity index (χ0) is 18.6. The van der Waals surface area contributed by atoms with Crippen LogP contribution < -0.4 is 10.2 Å². The van der Waals surface area contributed by atoms with Crippen LogP contribution in [0.25, 0.3) is 10.7 Å². The van der Waals surface area contributed by atoms with E-state index in [1.165, 1.54) is 11.3 Å². The third kappa shape index (κ3) is 4.03. The highest BCUT2D eigenvalue weighted by Gasteiger charge is 2.21. The number of nitrogens with zero attached hydrogens (tertiary/aromatic N) is 3. The van der Waals surface area contributed by atoms with Crippen LogP contribution in [0, 0.1) is 0 Å². The molecule has 3 heterocycles. The Bertz CT molecular complexity index is 971. The molecule has 1 aliphatic heterocycles. The van der Waals surface area contributed by atoms with Crippen molar-refractivity contribution in [3.05, 3.63) is 59.7 Å². The highest BCUT2D eigenvalue weighted by atomic mass is 32.1. The Balaban J connectivity index is 1.41. The summed E-state index contributed by atoms with van der Waals surface area (Å²) in [6.07, 6.45) is 3.37. The molecule has 1 saturated heterocycles. The summed E-state index contributed by atoms with van der Waals surface area (Å²) in [4.78, 5) is 34.8. The Hall–Kier alpha value is -3.06. The minimum atomic E-state index is -0.141. The van der Waals surface area contributed by atoms with Crippen molar-refractivity contribution >= 4 is 34.5 Å². The number of anilines is 2. The molecule has 7 heteroatoms. The minimum Gasteiger partial charge on any atom is -0.326 e. The molecular weight excluding hydrogens is 360 g/mol. The van der Waals surface area contributed by atoms with Crippen LogP contribution in [-0.4, -0.2) is 28.3 Å². The van der Waals surface area contributed by atoms with Gasteiger partial charge in [0.1, 0.15) is 5.01 Å². The molecular formula is C20H18N4O2S. The highest BCUT2D eigenvalue weighted by molar-refractivity contribution is 7.13. The van der Waals surface area contributed by atoms with Gasteiger partial charge in [0.15, 0.2) is 0 Å². The highest BCUT2D eigenvalue weighted by Crippen LogP contribution is 2.25. The number of hydrogen-bond acceptors (Lipinski definition) is 5. The van der Waals surface area contributed by atoms with Crippen LogP contribution in [0.3, 0.4) is 0 Å². The van der Waals surface area contributed by atoms with E-state index < -0.39 is 0 Å². The number of benzene rings is 1. The van der Waals surface area contributed by atoms with Crippen molar-refractivity contribution in [2.45, 2.75) is 19.3 Å². The molecule has 136 valence electrons. The van der Waals surface area contributed by atoms with E-state index >= 15 is 0 Å². The Morgan fingerprint density at radius 2 is 2.15 bits per heavy atom. The normalized spacial score (nSPS) is 13.8. The Labute approximate surface area is 160 Å². The van der Waals surface area contributed by atoms with Gasteiger partial charge >= 0.3 is 0 Å². The fraction of sp³-hybridized carbons (Fsp3) is 0.200. The van der Waals surface area contributed by atoms with Crippen LogP contribution in [0.15, 0.2) is 54.0 Å². The first-order valence-electron chi connectivity index (χ1n) is 8.75. The van der Waals surface area contributed by atoms with Crippen molar-refractivity contribution < 1.29 is 9.59 Å². The summed E-state index contributed by atoms with van der Waals surface area (Å²) in [5, 5.41) is 5.57. The first-order chi connectivity index (χ1) is 13.2. The number of aromatic nitrogens is 2. The second-order valence-corrected chi connectivity index (χ2v) is 7.14. The molecule has 27 heavy (non-hydrogen) atoms. The monoisotopic (exact) mass is 378 g/mol. The molecule has 2 amide bonds. The molecule has 6 nitrogen and oxygen atoms in total. The van der Waals surface area contributed by atoms with Gasteiger partial charge in [-0.1, -0.05) is 12.1 Å². The van der Waals surface area contributed by atoms with Crippen LogP contribution in [0.4, 0.5) is 11.4 Å². The number of thiazole rings is 1. The fourth-order valence-electron chi connectivity index (χ4n) is 3.04. The number of carbonyl (C=O) groups excluding carboxylic acids is 2. The Kier molecular flexibility index (Phi) is 4.93. The van der Waals surface area contributed by atoms with E-state index in [4.69, 9.17) is 0 Å². The fourth-order valence-corrected chi connectivity index (χ4v) is 3.83. The van der Waals surface area contributed by atoms with Gasteiger partial charge in [-0.15, -0.1) is 11.3 Å². The maximum absolute atomic E-state index is 12.4. The first-order valence-corrected chi connectivity index (χ1v) is 9.63. The lowest BCUT2D eigenvalue weighted by Gasteiger charge is -2.16. The molecule has 2 aromatic heterocycles. The molecule has 0 bridgehead atoms. The largest absolute Gasteiger partial charge is 0.326 e. The lowest BCUT2D eigenvalue weighted by Crippen LogP contribution is -2.23. The van der Waals surface area contributed by atoms with Gasteiger partial charge in [-0.05, 0) is 36.8 Å². The molecule has 0 aliphatic carbocycles. The summed E-state index contributed by atoms with van der Waals surface area (Å²) in [6, 6.07) is 13.1. The molecule has 1 aromatic carbocycles. The molecule has 1 N–H and O–H groups in total. The van der Waals surface area contributed by atoms with E-state index in [1.54, 1.807) is 11.1 Å². The number of pyridine rings is 1. The van der Waals surface area contributed by atoms with Gasteiger partial charge in [0, 0.05) is 35.9 Å². The summed E-state index contributed by atoms with van der Waals surface area (Å²) < 4.78 is 0. The number of carbonyl (C=O) groups is 2. The van der Waals surface area contributed by atoms with Crippen molar-refractivity contribution in [1.29, 1.82) is 0 Å². The molecule has 0 radical (unpaired) electrons. The Morgan fingerprint density at radius 1 is 1.22 bits per heavy atom. The van der Waals surface area contributed by atoms with Gasteiger partial charge in [-0.3, -0.25) is 14.6 Å². The average Bonchev–Trinajstić information content (AvgIpc) is 3.31. The number of hydrogen-bond donors (Lipinski definition) is 1. The van der Waals surface area contributed by atoms with Crippen molar-refractivity contribution in [2.75, 3.05) is 16.8 Å². The van der Waals surface area contributed by atoms with E-state index in [9.17, 15) is 9.59 Å². The molecule has 1 fully saturated rings. The lowest BCUT2D eigenvalue weighted by atomic mass is 10.2. The Morgan fingerprint density at radius 3 is 2.93 bits per heavy atom. The standard InChI is InChI=1S/C20H18N4O2S/c25-18(12-15-13-27-20(23-15)17-7-1-2-9-21-17)22-14-5-3-6-16(11-14)24-10-4-8-19(24)26/h1-3,5-7,9,11,13H,4,8,10,12H2,(H,22,25). The quantitative estimate of drug-likeness (QED) is 0.737. The van der Waals surface area contributed by atoms with Crippen molar-refractivity contribution in [3.63, 3.8) is 0 Å². The minimum absolute atomic E-state index is 0.128. The van der Waals surface area contributed by atoms with E-state index in [0.29, 0.717) is 17.8 Å². The first kappa shape index (κ1) is 17.4. The third-order valence-electron chi connectivity index (χ3n) is 4.29. The van der Waals surface area contributed by atoms with Crippen molar-refractivity contribution in [2.24, 2.45) is 0 Å². The van der Waals surface area contributed by atoms with Crippen molar-refractivity contribution in [3.8, 4) is 10.7 Å². The van der Waals surface area contributed by atoms with Gasteiger partial charge in [0.05, 0.1) is 17.8 Å². The maximum atomic E-state index is 12.4. The summed E-state index contributed by atoms with van der Waals surface area (Å²) in [5.74, 6) is -0.0132. The van der Waals surface area contributed by atoms with Crippen LogP contribution in [-0.2, 0) is 16.0 Å². The van der Waals surface area contributed by atoms with Crippen LogP contribution in [0.5, 0.6) is 0 Å². The third-order valence-corrected chi connectivity index (χ3v) is 5.21. The summed E-state index contributed by atoms with van der Waals surface area (Å²) in [7, 11) is 0. The second kappa shape index (κ2) is 7.67. The smallest absolute Gasteiger partial charge is 0.230 e. The number of amides is 2. The molecule has 1 aliphatic rings. The zero-order valence-electron chi connectivity index (χ0n) is 14.6. The van der Waals surface area contributed by atoms with Gasteiger partial charge in [-0.25, -0.2) is 4.98 Å².